The minimum atomic E-state index is -3.79. The Hall–Kier alpha value is -1.18. The third-order valence-corrected chi connectivity index (χ3v) is 3.95. The van der Waals surface area contributed by atoms with Gasteiger partial charge in [0.05, 0.1) is 5.69 Å². The summed E-state index contributed by atoms with van der Waals surface area (Å²) in [6, 6.07) is 4.49. The summed E-state index contributed by atoms with van der Waals surface area (Å²) >= 11 is 0. The normalized spacial score (nSPS) is 11.8. The molecule has 0 unspecified atom stereocenters. The predicted molar refractivity (Wildman–Crippen MR) is 68.0 cm³/mol. The molecule has 2 N–H and O–H groups in total. The highest BCUT2D eigenvalue weighted by atomic mass is 32.2. The van der Waals surface area contributed by atoms with E-state index in [2.05, 4.69) is 4.72 Å². The van der Waals surface area contributed by atoms with Crippen molar-refractivity contribution in [1.29, 1.82) is 0 Å². The lowest BCUT2D eigenvalue weighted by Gasteiger charge is -2.18. The molecule has 0 bridgehead atoms. The minimum absolute atomic E-state index is 0.0779. The Morgan fingerprint density at radius 1 is 1.44 bits per heavy atom. The van der Waals surface area contributed by atoms with Crippen LogP contribution in [0.4, 0.5) is 10.1 Å². The minimum Gasteiger partial charge on any atom is -0.396 e. The van der Waals surface area contributed by atoms with Gasteiger partial charge in [0.15, 0.2) is 0 Å². The van der Waals surface area contributed by atoms with E-state index in [1.165, 1.54) is 13.1 Å². The molecule has 0 saturated carbocycles. The second-order valence-electron chi connectivity index (χ2n) is 3.94. The zero-order valence-electron chi connectivity index (χ0n) is 10.4. The number of nitrogens with one attached hydrogen (secondary N) is 1. The summed E-state index contributed by atoms with van der Waals surface area (Å²) in [6.45, 7) is 1.63. The van der Waals surface area contributed by atoms with Crippen molar-refractivity contribution in [1.82, 2.24) is 4.31 Å². The van der Waals surface area contributed by atoms with Gasteiger partial charge in [-0.2, -0.15) is 12.7 Å². The smallest absolute Gasteiger partial charge is 0.301 e. The predicted octanol–water partition coefficient (Wildman–Crippen LogP) is 1.11. The summed E-state index contributed by atoms with van der Waals surface area (Å²) < 4.78 is 40.5. The van der Waals surface area contributed by atoms with E-state index >= 15 is 0 Å². The van der Waals surface area contributed by atoms with Crippen LogP contribution < -0.4 is 4.72 Å². The molecule has 18 heavy (non-hydrogen) atoms. The summed E-state index contributed by atoms with van der Waals surface area (Å²) in [4.78, 5) is 0. The standard InChI is InChI=1S/C11H17FN2O3S/c1-9-5-3-6-10(11(9)12)13-18(16,17)14(2)7-4-8-15/h3,5-6,13,15H,4,7-8H2,1-2H3. The summed E-state index contributed by atoms with van der Waals surface area (Å²) in [5.41, 5.74) is 0.291. The van der Waals surface area contributed by atoms with Gasteiger partial charge in [0.25, 0.3) is 0 Å². The first-order valence-corrected chi connectivity index (χ1v) is 6.92. The molecule has 1 rings (SSSR count). The highest BCUT2D eigenvalue weighted by Gasteiger charge is 2.19. The number of hydrogen-bond acceptors (Lipinski definition) is 3. The van der Waals surface area contributed by atoms with Crippen molar-refractivity contribution >= 4 is 15.9 Å². The third kappa shape index (κ3) is 3.66. The molecule has 102 valence electrons. The number of halogens is 1. The lowest BCUT2D eigenvalue weighted by Crippen LogP contribution is -2.33. The van der Waals surface area contributed by atoms with Crippen molar-refractivity contribution in [3.05, 3.63) is 29.6 Å². The fraction of sp³-hybridized carbons (Fsp3) is 0.455. The quantitative estimate of drug-likeness (QED) is 0.817. The fourth-order valence-electron chi connectivity index (χ4n) is 1.36. The Balaban J connectivity index is 2.85. The monoisotopic (exact) mass is 276 g/mol. The number of aliphatic hydroxyl groups is 1. The van der Waals surface area contributed by atoms with E-state index in [1.807, 2.05) is 0 Å². The summed E-state index contributed by atoms with van der Waals surface area (Å²) in [6.07, 6.45) is 0.327. The van der Waals surface area contributed by atoms with E-state index < -0.39 is 16.0 Å². The Kier molecular flexibility index (Phi) is 5.06. The van der Waals surface area contributed by atoms with Gasteiger partial charge in [-0.3, -0.25) is 4.72 Å². The molecule has 1 aromatic rings. The van der Waals surface area contributed by atoms with Crippen LogP contribution in [0.2, 0.25) is 0 Å². The van der Waals surface area contributed by atoms with Crippen LogP contribution in [0.25, 0.3) is 0 Å². The number of hydrogen-bond donors (Lipinski definition) is 2. The molecule has 0 amide bonds. The summed E-state index contributed by atoms with van der Waals surface area (Å²) in [5, 5.41) is 8.65. The number of aliphatic hydroxyl groups excluding tert-OH is 1. The first-order valence-electron chi connectivity index (χ1n) is 5.48. The van der Waals surface area contributed by atoms with E-state index in [9.17, 15) is 12.8 Å². The summed E-state index contributed by atoms with van der Waals surface area (Å²) in [7, 11) is -2.43. The fourth-order valence-corrected chi connectivity index (χ4v) is 2.32. The van der Waals surface area contributed by atoms with Gasteiger partial charge in [0.1, 0.15) is 5.82 Å². The second kappa shape index (κ2) is 6.12. The van der Waals surface area contributed by atoms with E-state index in [4.69, 9.17) is 5.11 Å². The largest absolute Gasteiger partial charge is 0.396 e. The van der Waals surface area contributed by atoms with Gasteiger partial charge in [-0.15, -0.1) is 0 Å². The molecular weight excluding hydrogens is 259 g/mol. The van der Waals surface area contributed by atoms with Gasteiger partial charge >= 0.3 is 10.2 Å². The lowest BCUT2D eigenvalue weighted by molar-refractivity contribution is 0.276. The van der Waals surface area contributed by atoms with Crippen LogP contribution >= 0.6 is 0 Å². The van der Waals surface area contributed by atoms with Crippen molar-refractivity contribution in [3.8, 4) is 0 Å². The van der Waals surface area contributed by atoms with Gasteiger partial charge in [0.2, 0.25) is 0 Å². The van der Waals surface area contributed by atoms with Gasteiger partial charge < -0.3 is 5.11 Å². The average molecular weight is 276 g/mol. The SMILES string of the molecule is Cc1cccc(NS(=O)(=O)N(C)CCCO)c1F. The van der Waals surface area contributed by atoms with Gasteiger partial charge in [0, 0.05) is 20.2 Å². The maximum Gasteiger partial charge on any atom is 0.301 e. The number of nitrogens with zero attached hydrogens (tertiary/aromatic N) is 1. The Labute approximate surface area is 106 Å². The van der Waals surface area contributed by atoms with Gasteiger partial charge in [-0.1, -0.05) is 12.1 Å². The van der Waals surface area contributed by atoms with Crippen LogP contribution in [-0.4, -0.2) is 38.0 Å². The van der Waals surface area contributed by atoms with Crippen LogP contribution in [0.15, 0.2) is 18.2 Å². The van der Waals surface area contributed by atoms with Crippen LogP contribution in [0.5, 0.6) is 0 Å². The molecule has 0 fully saturated rings. The molecule has 0 saturated heterocycles. The Morgan fingerprint density at radius 3 is 2.72 bits per heavy atom. The lowest BCUT2D eigenvalue weighted by atomic mass is 10.2. The van der Waals surface area contributed by atoms with Crippen LogP contribution in [0, 0.1) is 12.7 Å². The molecule has 0 heterocycles. The highest BCUT2D eigenvalue weighted by Crippen LogP contribution is 2.19. The van der Waals surface area contributed by atoms with Crippen molar-refractivity contribution in [3.63, 3.8) is 0 Å². The maximum atomic E-state index is 13.7. The zero-order valence-corrected chi connectivity index (χ0v) is 11.2. The van der Waals surface area contributed by atoms with Crippen molar-refractivity contribution in [2.75, 3.05) is 24.9 Å². The first kappa shape index (κ1) is 14.9. The molecule has 0 aliphatic carbocycles. The number of aryl methyl sites for hydroxylation is 1. The van der Waals surface area contributed by atoms with E-state index in [0.717, 1.165) is 4.31 Å². The van der Waals surface area contributed by atoms with Crippen LogP contribution in [0.3, 0.4) is 0 Å². The van der Waals surface area contributed by atoms with E-state index in [-0.39, 0.29) is 18.8 Å². The second-order valence-corrected chi connectivity index (χ2v) is 5.72. The Morgan fingerprint density at radius 2 is 2.11 bits per heavy atom. The number of benzene rings is 1. The topological polar surface area (TPSA) is 69.6 Å². The Bertz CT molecular complexity index is 505. The number of anilines is 1. The van der Waals surface area contributed by atoms with Crippen LogP contribution in [-0.2, 0) is 10.2 Å². The van der Waals surface area contributed by atoms with E-state index in [1.54, 1.807) is 19.1 Å². The van der Waals surface area contributed by atoms with Crippen molar-refractivity contribution < 1.29 is 17.9 Å². The van der Waals surface area contributed by atoms with Gasteiger partial charge in [-0.25, -0.2) is 4.39 Å². The number of rotatable bonds is 6. The van der Waals surface area contributed by atoms with Crippen molar-refractivity contribution in [2.24, 2.45) is 0 Å². The first-order chi connectivity index (χ1) is 8.38. The van der Waals surface area contributed by atoms with Crippen molar-refractivity contribution in [2.45, 2.75) is 13.3 Å². The molecule has 1 aromatic carbocycles. The third-order valence-electron chi connectivity index (χ3n) is 2.47. The van der Waals surface area contributed by atoms with E-state index in [0.29, 0.717) is 12.0 Å². The molecule has 0 atom stereocenters. The molecule has 7 heteroatoms. The average Bonchev–Trinajstić information content (AvgIpc) is 2.31. The molecule has 0 aliphatic rings. The molecule has 0 radical (unpaired) electrons. The zero-order chi connectivity index (χ0) is 13.8. The highest BCUT2D eigenvalue weighted by molar-refractivity contribution is 7.90. The maximum absolute atomic E-state index is 13.7. The summed E-state index contributed by atoms with van der Waals surface area (Å²) in [5.74, 6) is -0.586. The molecule has 0 aliphatic heterocycles. The molecule has 0 spiro atoms. The molecular formula is C11H17FN2O3S. The van der Waals surface area contributed by atoms with Gasteiger partial charge in [-0.05, 0) is 25.0 Å². The van der Waals surface area contributed by atoms with Crippen LogP contribution in [0.1, 0.15) is 12.0 Å². The molecule has 0 aromatic heterocycles. The molecule has 5 nitrogen and oxygen atoms in total.